The average Bonchev–Trinajstić information content (AvgIpc) is 3.34. The molecule has 0 aliphatic carbocycles. The van der Waals surface area contributed by atoms with Gasteiger partial charge in [0.05, 0.1) is 38.1 Å². The maximum atomic E-state index is 13.2. The summed E-state index contributed by atoms with van der Waals surface area (Å²) in [6.45, 7) is 4.09. The molecule has 0 radical (unpaired) electrons. The summed E-state index contributed by atoms with van der Waals surface area (Å²) in [6, 6.07) is -3.59. The summed E-state index contributed by atoms with van der Waals surface area (Å²) in [7, 11) is 0. The summed E-state index contributed by atoms with van der Waals surface area (Å²) in [5.74, 6) is -3.02. The van der Waals surface area contributed by atoms with E-state index in [1.807, 2.05) is 0 Å². The summed E-state index contributed by atoms with van der Waals surface area (Å²) in [5, 5.41) is 149. The van der Waals surface area contributed by atoms with E-state index in [4.69, 9.17) is 61.6 Å². The Kier molecular flexibility index (Phi) is 19.6. The van der Waals surface area contributed by atoms with Crippen LogP contribution in [-0.2, 0) is 76.0 Å². The molecular weight excluding hydrogens is 1010 g/mol. The van der Waals surface area contributed by atoms with Crippen molar-refractivity contribution in [1.29, 1.82) is 0 Å². The van der Waals surface area contributed by atoms with E-state index in [9.17, 15) is 80.8 Å². The first-order chi connectivity index (χ1) is 34.9. The Labute approximate surface area is 421 Å². The lowest BCUT2D eigenvalue weighted by molar-refractivity contribution is -0.416. The molecule has 7 heterocycles. The van der Waals surface area contributed by atoms with Crippen molar-refractivity contribution in [2.45, 2.75) is 232 Å². The van der Waals surface area contributed by atoms with Crippen LogP contribution in [0, 0.1) is 0 Å². The fourth-order valence-corrected chi connectivity index (χ4v) is 9.84. The number of rotatable bonds is 9. The molecule has 426 valence electrons. The minimum Gasteiger partial charge on any atom is -0.455 e. The lowest BCUT2D eigenvalue weighted by Gasteiger charge is -2.53. The van der Waals surface area contributed by atoms with Gasteiger partial charge >= 0.3 is 5.97 Å². The fourth-order valence-electron chi connectivity index (χ4n) is 9.84. The third-order valence-corrected chi connectivity index (χ3v) is 13.9. The summed E-state index contributed by atoms with van der Waals surface area (Å²) >= 11 is 0. The number of hydrogen-bond donors (Lipinski definition) is 15. The van der Waals surface area contributed by atoms with Gasteiger partial charge in [-0.1, -0.05) is 0 Å². The van der Waals surface area contributed by atoms with Crippen LogP contribution in [0.15, 0.2) is 0 Å². The molecule has 31 nitrogen and oxygen atoms in total. The Hall–Kier alpha value is -2.59. The Morgan fingerprint density at radius 3 is 1.39 bits per heavy atom. The molecule has 7 fully saturated rings. The van der Waals surface area contributed by atoms with Crippen LogP contribution in [0.2, 0.25) is 0 Å². The topological polar surface area (TPSA) is 458 Å². The standard InChI is InChI=1S/C43H70N2O29/c1-10(49)37(61)68-30-18(9-48)67-39-20(45-15(6)51)32(30)70-38-19(44-14(5)50)31(25(56)17(8-47)65-38)69-43-36(74-40-29(60)26(57)24(55)16(7-46)66-40)33(23(54)13(4)64-43)71-41-35(28(59)22(53)11(2)62-41)73-42-34(72-39)27(58)21(52)12(3)63-42/h10-13,16-36,38-43,46-49,52-60H,7-9H2,1-6H3,(H,44,50)(H,45,51)/t10-,11-,12-,13-,16+,17+,18+,19+,20+,21-,22-,23-,24+,25+,26-,27+,28+,29+,30+,31+,32+,33+,34+,35+,36+,38-,39-,40-,41-,42-,43-/m0/s1. The van der Waals surface area contributed by atoms with Crippen molar-refractivity contribution in [3.8, 4) is 0 Å². The van der Waals surface area contributed by atoms with Crippen LogP contribution in [0.5, 0.6) is 0 Å². The highest BCUT2D eigenvalue weighted by Crippen LogP contribution is 2.40. The Morgan fingerprint density at radius 2 is 0.878 bits per heavy atom. The lowest BCUT2D eigenvalue weighted by Crippen LogP contribution is -2.72. The molecule has 0 spiro atoms. The van der Waals surface area contributed by atoms with E-state index in [1.54, 1.807) is 0 Å². The molecule has 7 aliphatic heterocycles. The minimum atomic E-state index is -2.13. The number of ether oxygens (including phenoxy) is 13. The van der Waals surface area contributed by atoms with Gasteiger partial charge in [0.1, 0.15) is 128 Å². The van der Waals surface area contributed by atoms with Gasteiger partial charge in [-0.3, -0.25) is 9.59 Å². The number of esters is 1. The van der Waals surface area contributed by atoms with Gasteiger partial charge in [0.2, 0.25) is 11.8 Å². The van der Waals surface area contributed by atoms with E-state index in [-0.39, 0.29) is 0 Å². The fraction of sp³-hybridized carbons (Fsp3) is 0.930. The van der Waals surface area contributed by atoms with Gasteiger partial charge in [0.15, 0.2) is 43.8 Å². The summed E-state index contributed by atoms with van der Waals surface area (Å²) in [4.78, 5) is 39.5. The quantitative estimate of drug-likeness (QED) is 0.0954. The van der Waals surface area contributed by atoms with E-state index >= 15 is 0 Å². The van der Waals surface area contributed by atoms with Crippen LogP contribution in [0.25, 0.3) is 0 Å². The molecule has 74 heavy (non-hydrogen) atoms. The summed E-state index contributed by atoms with van der Waals surface area (Å²) in [5.41, 5.74) is 0. The molecule has 7 rings (SSSR count). The number of carbonyl (C=O) groups is 3. The van der Waals surface area contributed by atoms with Crippen LogP contribution >= 0.6 is 0 Å². The second-order valence-corrected chi connectivity index (χ2v) is 19.4. The molecular formula is C43H70N2O29. The van der Waals surface area contributed by atoms with Gasteiger partial charge < -0.3 is 139 Å². The normalized spacial score (nSPS) is 50.6. The highest BCUT2D eigenvalue weighted by Gasteiger charge is 2.60. The number of nitrogens with one attached hydrogen (secondary N) is 2. The van der Waals surface area contributed by atoms with Crippen molar-refractivity contribution < 1.29 is 142 Å². The molecule has 15 N–H and O–H groups in total. The van der Waals surface area contributed by atoms with Crippen LogP contribution in [0.4, 0.5) is 0 Å². The smallest absolute Gasteiger partial charge is 0.335 e. The van der Waals surface area contributed by atoms with Gasteiger partial charge in [-0.2, -0.15) is 0 Å². The van der Waals surface area contributed by atoms with E-state index < -0.39 is 228 Å². The highest BCUT2D eigenvalue weighted by molar-refractivity contribution is 5.75. The average molecular weight is 1080 g/mol. The Balaban J connectivity index is 1.44. The molecule has 0 saturated carbocycles. The first kappa shape index (κ1) is 59.1. The minimum absolute atomic E-state index is 0.848. The van der Waals surface area contributed by atoms with E-state index in [1.165, 1.54) is 20.8 Å². The zero-order valence-corrected chi connectivity index (χ0v) is 40.9. The molecule has 31 atom stereocenters. The van der Waals surface area contributed by atoms with Crippen molar-refractivity contribution in [1.82, 2.24) is 10.6 Å². The first-order valence-corrected chi connectivity index (χ1v) is 24.1. The highest BCUT2D eigenvalue weighted by atomic mass is 16.8. The third kappa shape index (κ3) is 12.2. The molecule has 0 aromatic heterocycles. The van der Waals surface area contributed by atoms with E-state index in [2.05, 4.69) is 10.6 Å². The molecule has 0 aromatic carbocycles. The van der Waals surface area contributed by atoms with Gasteiger partial charge in [-0.05, 0) is 27.7 Å². The maximum absolute atomic E-state index is 13.2. The Bertz CT molecular complexity index is 1880. The van der Waals surface area contributed by atoms with Crippen molar-refractivity contribution in [3.63, 3.8) is 0 Å². The number of amides is 2. The molecule has 7 saturated heterocycles. The van der Waals surface area contributed by atoms with Crippen molar-refractivity contribution >= 4 is 17.8 Å². The number of aliphatic hydroxyl groups excluding tert-OH is 13. The zero-order chi connectivity index (χ0) is 54.4. The van der Waals surface area contributed by atoms with Gasteiger partial charge in [0, 0.05) is 13.8 Å². The zero-order valence-electron chi connectivity index (χ0n) is 40.9. The van der Waals surface area contributed by atoms with Crippen molar-refractivity contribution in [3.05, 3.63) is 0 Å². The number of hydrogen-bond acceptors (Lipinski definition) is 29. The van der Waals surface area contributed by atoms with Crippen LogP contribution in [0.3, 0.4) is 0 Å². The Morgan fingerprint density at radius 1 is 0.446 bits per heavy atom. The van der Waals surface area contributed by atoms with Crippen molar-refractivity contribution in [2.24, 2.45) is 0 Å². The first-order valence-electron chi connectivity index (χ1n) is 24.1. The van der Waals surface area contributed by atoms with Gasteiger partial charge in [-0.25, -0.2) is 4.79 Å². The second-order valence-electron chi connectivity index (χ2n) is 19.4. The molecule has 0 unspecified atom stereocenters. The molecule has 6 bridgehead atoms. The van der Waals surface area contributed by atoms with Gasteiger partial charge in [0.25, 0.3) is 0 Å². The molecule has 2 amide bonds. The largest absolute Gasteiger partial charge is 0.455 e. The number of fused-ring (bicyclic) bond motifs is 8. The molecule has 31 heteroatoms. The predicted octanol–water partition coefficient (Wildman–Crippen LogP) is -9.75. The third-order valence-electron chi connectivity index (χ3n) is 13.9. The van der Waals surface area contributed by atoms with Crippen LogP contribution in [-0.4, -0.2) is 294 Å². The number of aliphatic hydroxyl groups is 13. The predicted molar refractivity (Wildman–Crippen MR) is 230 cm³/mol. The van der Waals surface area contributed by atoms with Crippen LogP contribution in [0.1, 0.15) is 41.5 Å². The summed E-state index contributed by atoms with van der Waals surface area (Å²) in [6.07, 6.45) is -54.0. The summed E-state index contributed by atoms with van der Waals surface area (Å²) < 4.78 is 79.9. The second kappa shape index (κ2) is 24.6. The molecule has 7 aliphatic rings. The monoisotopic (exact) mass is 1080 g/mol. The van der Waals surface area contributed by atoms with E-state index in [0.29, 0.717) is 0 Å². The maximum Gasteiger partial charge on any atom is 0.335 e. The SMILES string of the molecule is CC(=O)N[C@H]1[C@@H]2O[C@H]3[C@H](O[C@H]4[C@H](O[C@@H]5[C@@H](O)[C@H](C)O[C@@H](O[C@H]6[C@H](O)[C@@H](CO)O[C@@H](O[C@H]1[C@H](OC(=O)[C@H](C)O)[C@@H](CO)O2)[C@@H]6NC(C)=O)[C@@H]5O[C@@H]1O[C@H](CO)[C@@H](O)[C@H](O)[C@H]1O)O[C@@H](C)[C@H](O)[C@H]4O)O[C@@H](C)[C@H](O)[C@H]3O. The van der Waals surface area contributed by atoms with Crippen molar-refractivity contribution in [2.75, 3.05) is 19.8 Å². The van der Waals surface area contributed by atoms with E-state index in [0.717, 1.165) is 20.8 Å². The number of carbonyl (C=O) groups excluding carboxylic acids is 3. The van der Waals surface area contributed by atoms with Crippen LogP contribution < -0.4 is 10.6 Å². The lowest BCUT2D eigenvalue weighted by atomic mass is 9.93. The molecule has 0 aromatic rings. The van der Waals surface area contributed by atoms with Gasteiger partial charge in [-0.15, -0.1) is 0 Å².